The number of likely N-dealkylation sites (tertiary alicyclic amines) is 1. The van der Waals surface area contributed by atoms with Crippen molar-refractivity contribution in [1.82, 2.24) is 10.2 Å². The molecule has 0 amide bonds. The number of ether oxygens (including phenoxy) is 1. The molecule has 4 heteroatoms. The van der Waals surface area contributed by atoms with Crippen LogP contribution in [-0.4, -0.2) is 49.2 Å². The minimum Gasteiger partial charge on any atom is -0.468 e. The standard InChI is InChI=1S/C15H30N2O2/c1-12(2)16-15(4,14(18)19-5)8-6-9-17-10-7-13(3)11-17/h12-13,16H,6-11H2,1-5H3. The van der Waals surface area contributed by atoms with E-state index in [0.29, 0.717) is 0 Å². The van der Waals surface area contributed by atoms with E-state index in [4.69, 9.17) is 4.74 Å². The molecule has 4 nitrogen and oxygen atoms in total. The molecule has 2 atom stereocenters. The lowest BCUT2D eigenvalue weighted by Crippen LogP contribution is -2.53. The summed E-state index contributed by atoms with van der Waals surface area (Å²) in [6.45, 7) is 11.9. The van der Waals surface area contributed by atoms with Crippen LogP contribution in [0.15, 0.2) is 0 Å². The Hall–Kier alpha value is -0.610. The van der Waals surface area contributed by atoms with Gasteiger partial charge in [0.25, 0.3) is 0 Å². The van der Waals surface area contributed by atoms with E-state index in [1.54, 1.807) is 0 Å². The molecule has 0 aliphatic carbocycles. The smallest absolute Gasteiger partial charge is 0.325 e. The van der Waals surface area contributed by atoms with E-state index in [-0.39, 0.29) is 12.0 Å². The second-order valence-corrected chi connectivity index (χ2v) is 6.42. The summed E-state index contributed by atoms with van der Waals surface area (Å²) in [5, 5.41) is 3.35. The SMILES string of the molecule is COC(=O)C(C)(CCCN1CCC(C)C1)NC(C)C. The molecule has 0 aromatic rings. The van der Waals surface area contributed by atoms with E-state index < -0.39 is 5.54 Å². The molecule has 19 heavy (non-hydrogen) atoms. The van der Waals surface area contributed by atoms with Gasteiger partial charge in [0.1, 0.15) is 5.54 Å². The molecule has 1 aliphatic rings. The van der Waals surface area contributed by atoms with Crippen LogP contribution in [0, 0.1) is 5.92 Å². The second-order valence-electron chi connectivity index (χ2n) is 6.42. The number of hydrogen-bond acceptors (Lipinski definition) is 4. The molecule has 1 aliphatic heterocycles. The van der Waals surface area contributed by atoms with Gasteiger partial charge in [-0.25, -0.2) is 0 Å². The summed E-state index contributed by atoms with van der Waals surface area (Å²) in [4.78, 5) is 14.4. The van der Waals surface area contributed by atoms with Crippen LogP contribution < -0.4 is 5.32 Å². The van der Waals surface area contributed by atoms with Crippen LogP contribution in [0.1, 0.15) is 47.0 Å². The van der Waals surface area contributed by atoms with E-state index in [9.17, 15) is 4.79 Å². The van der Waals surface area contributed by atoms with Gasteiger partial charge >= 0.3 is 5.97 Å². The number of rotatable bonds is 7. The van der Waals surface area contributed by atoms with Crippen LogP contribution in [-0.2, 0) is 9.53 Å². The third-order valence-corrected chi connectivity index (χ3v) is 3.90. The third-order valence-electron chi connectivity index (χ3n) is 3.90. The maximum absolute atomic E-state index is 12.0. The molecule has 0 bridgehead atoms. The number of hydrogen-bond donors (Lipinski definition) is 1. The molecule has 0 radical (unpaired) electrons. The zero-order valence-electron chi connectivity index (χ0n) is 13.2. The van der Waals surface area contributed by atoms with Crippen molar-refractivity contribution in [1.29, 1.82) is 0 Å². The van der Waals surface area contributed by atoms with Gasteiger partial charge in [-0.15, -0.1) is 0 Å². The van der Waals surface area contributed by atoms with Crippen molar-refractivity contribution >= 4 is 5.97 Å². The van der Waals surface area contributed by atoms with Gasteiger partial charge in [0.05, 0.1) is 7.11 Å². The molecule has 0 aromatic carbocycles. The fourth-order valence-corrected chi connectivity index (χ4v) is 2.98. The summed E-state index contributed by atoms with van der Waals surface area (Å²) in [6.07, 6.45) is 3.15. The highest BCUT2D eigenvalue weighted by atomic mass is 16.5. The topological polar surface area (TPSA) is 41.6 Å². The Morgan fingerprint density at radius 1 is 1.53 bits per heavy atom. The molecule has 1 saturated heterocycles. The average Bonchev–Trinajstić information content (AvgIpc) is 2.73. The minimum absolute atomic E-state index is 0.156. The lowest BCUT2D eigenvalue weighted by molar-refractivity contribution is -0.148. The number of nitrogens with zero attached hydrogens (tertiary/aromatic N) is 1. The molecular formula is C15H30N2O2. The lowest BCUT2D eigenvalue weighted by Gasteiger charge is -2.31. The second kappa shape index (κ2) is 7.25. The summed E-state index contributed by atoms with van der Waals surface area (Å²) < 4.78 is 4.94. The Morgan fingerprint density at radius 2 is 2.21 bits per heavy atom. The van der Waals surface area contributed by atoms with Crippen molar-refractivity contribution in [3.05, 3.63) is 0 Å². The summed E-state index contributed by atoms with van der Waals surface area (Å²) >= 11 is 0. The lowest BCUT2D eigenvalue weighted by atomic mass is 9.94. The maximum atomic E-state index is 12.0. The fraction of sp³-hybridized carbons (Fsp3) is 0.933. The van der Waals surface area contributed by atoms with Crippen LogP contribution in [0.2, 0.25) is 0 Å². The molecule has 0 spiro atoms. The summed E-state index contributed by atoms with van der Waals surface area (Å²) in [6, 6.07) is 0.274. The Labute approximate surface area is 117 Å². The van der Waals surface area contributed by atoms with Crippen LogP contribution in [0.5, 0.6) is 0 Å². The number of carbonyl (C=O) groups is 1. The highest BCUT2D eigenvalue weighted by molar-refractivity contribution is 5.80. The molecule has 0 saturated carbocycles. The summed E-state index contributed by atoms with van der Waals surface area (Å²) in [5.41, 5.74) is -0.561. The van der Waals surface area contributed by atoms with Gasteiger partial charge in [-0.05, 0) is 59.0 Å². The van der Waals surface area contributed by atoms with Gasteiger partial charge in [-0.1, -0.05) is 6.92 Å². The number of carbonyl (C=O) groups excluding carboxylic acids is 1. The van der Waals surface area contributed by atoms with Crippen molar-refractivity contribution in [3.63, 3.8) is 0 Å². The monoisotopic (exact) mass is 270 g/mol. The molecule has 2 unspecified atom stereocenters. The van der Waals surface area contributed by atoms with Gasteiger partial charge in [-0.2, -0.15) is 0 Å². The maximum Gasteiger partial charge on any atom is 0.325 e. The van der Waals surface area contributed by atoms with Crippen LogP contribution in [0.25, 0.3) is 0 Å². The highest BCUT2D eigenvalue weighted by Gasteiger charge is 2.34. The van der Waals surface area contributed by atoms with E-state index in [2.05, 4.69) is 31.0 Å². The van der Waals surface area contributed by atoms with Crippen molar-refractivity contribution in [2.75, 3.05) is 26.7 Å². The Morgan fingerprint density at radius 3 is 2.68 bits per heavy atom. The van der Waals surface area contributed by atoms with E-state index in [1.807, 2.05) is 6.92 Å². The number of esters is 1. The van der Waals surface area contributed by atoms with Crippen LogP contribution >= 0.6 is 0 Å². The first-order valence-corrected chi connectivity index (χ1v) is 7.46. The number of nitrogens with one attached hydrogen (secondary N) is 1. The van der Waals surface area contributed by atoms with Gasteiger partial charge in [0.2, 0.25) is 0 Å². The zero-order valence-corrected chi connectivity index (χ0v) is 13.2. The van der Waals surface area contributed by atoms with E-state index >= 15 is 0 Å². The first-order valence-electron chi connectivity index (χ1n) is 7.46. The van der Waals surface area contributed by atoms with Gasteiger partial charge in [0.15, 0.2) is 0 Å². The Bertz CT molecular complexity index is 294. The Kier molecular flexibility index (Phi) is 6.27. The van der Waals surface area contributed by atoms with Crippen LogP contribution in [0.3, 0.4) is 0 Å². The highest BCUT2D eigenvalue weighted by Crippen LogP contribution is 2.19. The molecule has 1 rings (SSSR count). The average molecular weight is 270 g/mol. The van der Waals surface area contributed by atoms with E-state index in [0.717, 1.165) is 25.3 Å². The molecular weight excluding hydrogens is 240 g/mol. The first kappa shape index (κ1) is 16.4. The van der Waals surface area contributed by atoms with Crippen molar-refractivity contribution in [3.8, 4) is 0 Å². The zero-order chi connectivity index (χ0) is 14.5. The fourth-order valence-electron chi connectivity index (χ4n) is 2.98. The predicted molar refractivity (Wildman–Crippen MR) is 78.1 cm³/mol. The third kappa shape index (κ3) is 5.11. The Balaban J connectivity index is 2.42. The predicted octanol–water partition coefficient (Wildman–Crippen LogP) is 2.04. The molecule has 1 heterocycles. The first-order chi connectivity index (χ1) is 8.87. The normalized spacial score (nSPS) is 23.6. The molecule has 1 fully saturated rings. The van der Waals surface area contributed by atoms with Crippen molar-refractivity contribution < 1.29 is 9.53 Å². The minimum atomic E-state index is -0.561. The quantitative estimate of drug-likeness (QED) is 0.719. The van der Waals surface area contributed by atoms with Crippen LogP contribution in [0.4, 0.5) is 0 Å². The molecule has 1 N–H and O–H groups in total. The van der Waals surface area contributed by atoms with Crippen molar-refractivity contribution in [2.45, 2.75) is 58.5 Å². The van der Waals surface area contributed by atoms with Gasteiger partial charge < -0.3 is 9.64 Å². The molecule has 112 valence electrons. The molecule has 0 aromatic heterocycles. The summed E-state index contributed by atoms with van der Waals surface area (Å²) in [5.74, 6) is 0.664. The number of methoxy groups -OCH3 is 1. The van der Waals surface area contributed by atoms with Crippen molar-refractivity contribution in [2.24, 2.45) is 5.92 Å². The summed E-state index contributed by atoms with van der Waals surface area (Å²) in [7, 11) is 1.46. The van der Waals surface area contributed by atoms with E-state index in [1.165, 1.54) is 26.6 Å². The largest absolute Gasteiger partial charge is 0.468 e. The van der Waals surface area contributed by atoms with Gasteiger partial charge in [-0.3, -0.25) is 10.1 Å². The van der Waals surface area contributed by atoms with Gasteiger partial charge in [0, 0.05) is 12.6 Å².